The number of likely N-dealkylation sites (tertiary alicyclic amines) is 1. The molecule has 33 heavy (non-hydrogen) atoms. The van der Waals surface area contributed by atoms with E-state index < -0.39 is 31.9 Å². The van der Waals surface area contributed by atoms with Crippen molar-refractivity contribution in [2.75, 3.05) is 25.0 Å². The number of nitrogens with one attached hydrogen (secondary N) is 1. The fraction of sp³-hybridized carbons (Fsp3) is 0.400. The summed E-state index contributed by atoms with van der Waals surface area (Å²) < 4.78 is 76.2. The number of anilines is 1. The smallest absolute Gasteiger partial charge is 0.396 e. The van der Waals surface area contributed by atoms with Crippen LogP contribution in [0.3, 0.4) is 0 Å². The molecule has 0 aliphatic carbocycles. The van der Waals surface area contributed by atoms with Gasteiger partial charge in [-0.2, -0.15) is 13.2 Å². The van der Waals surface area contributed by atoms with Crippen molar-refractivity contribution in [3.63, 3.8) is 0 Å². The molecule has 3 rings (SSSR count). The van der Waals surface area contributed by atoms with Crippen LogP contribution in [0, 0.1) is 0 Å². The van der Waals surface area contributed by atoms with Crippen molar-refractivity contribution < 1.29 is 35.9 Å². The third kappa shape index (κ3) is 5.39. The van der Waals surface area contributed by atoms with Crippen molar-refractivity contribution in [2.45, 2.75) is 35.3 Å². The number of rotatable bonds is 5. The van der Waals surface area contributed by atoms with Crippen molar-refractivity contribution in [1.82, 2.24) is 9.88 Å². The Kier molecular flexibility index (Phi) is 7.20. The average molecular weight is 510 g/mol. The maximum absolute atomic E-state index is 15.5. The molecule has 0 bridgehead atoms. The Hall–Kier alpha value is -2.44. The molecule has 1 aromatic heterocycles. The number of aliphatic hydroxyl groups is 1. The van der Waals surface area contributed by atoms with Crippen molar-refractivity contribution in [1.29, 1.82) is 0 Å². The van der Waals surface area contributed by atoms with E-state index in [0.717, 1.165) is 24.3 Å². The summed E-state index contributed by atoms with van der Waals surface area (Å²) in [6.07, 6.45) is 1.63. The molecule has 2 heterocycles. The molecule has 1 aliphatic heterocycles. The summed E-state index contributed by atoms with van der Waals surface area (Å²) in [4.78, 5) is 17.0. The van der Waals surface area contributed by atoms with Crippen LogP contribution in [0.5, 0.6) is 0 Å². The van der Waals surface area contributed by atoms with Gasteiger partial charge in [-0.25, -0.2) is 17.6 Å². The Bertz CT molecular complexity index is 1120. The summed E-state index contributed by atoms with van der Waals surface area (Å²) >= 11 is 6.18. The maximum atomic E-state index is 15.5. The van der Waals surface area contributed by atoms with E-state index in [1.165, 1.54) is 11.1 Å². The predicted molar refractivity (Wildman–Crippen MR) is 112 cm³/mol. The number of hydrogen-bond donors (Lipinski definition) is 2. The number of pyridine rings is 1. The van der Waals surface area contributed by atoms with Crippen LogP contribution in [0.25, 0.3) is 0 Å². The second kappa shape index (κ2) is 9.43. The molecule has 180 valence electrons. The van der Waals surface area contributed by atoms with Crippen LogP contribution >= 0.6 is 11.6 Å². The lowest BCUT2D eigenvalue weighted by atomic mass is 9.89. The van der Waals surface area contributed by atoms with Gasteiger partial charge in [0, 0.05) is 44.4 Å². The summed E-state index contributed by atoms with van der Waals surface area (Å²) in [6.45, 7) is -0.0401. The van der Waals surface area contributed by atoms with Gasteiger partial charge in [0.05, 0.1) is 15.6 Å². The van der Waals surface area contributed by atoms with Crippen LogP contribution in [-0.4, -0.2) is 54.6 Å². The molecule has 2 N–H and O–H groups in total. The quantitative estimate of drug-likeness (QED) is 0.592. The highest BCUT2D eigenvalue weighted by molar-refractivity contribution is 7.92. The Morgan fingerprint density at radius 1 is 1.21 bits per heavy atom. The number of aliphatic hydroxyl groups excluding tert-OH is 1. The Morgan fingerprint density at radius 2 is 1.82 bits per heavy atom. The predicted octanol–water partition coefficient (Wildman–Crippen LogP) is 4.06. The second-order valence-corrected chi connectivity index (χ2v) is 9.85. The van der Waals surface area contributed by atoms with Gasteiger partial charge < -0.3 is 15.3 Å². The topological polar surface area (TPSA) is 99.6 Å². The average Bonchev–Trinajstić information content (AvgIpc) is 2.74. The van der Waals surface area contributed by atoms with Crippen molar-refractivity contribution in [2.24, 2.45) is 0 Å². The first-order chi connectivity index (χ1) is 15.4. The molecule has 1 saturated heterocycles. The highest BCUT2D eigenvalue weighted by Gasteiger charge is 2.46. The molecule has 0 atom stereocenters. The van der Waals surface area contributed by atoms with Gasteiger partial charge in [0.15, 0.2) is 5.67 Å². The third-order valence-corrected chi connectivity index (χ3v) is 7.08. The largest absolute Gasteiger partial charge is 0.501 e. The van der Waals surface area contributed by atoms with Crippen LogP contribution < -0.4 is 5.32 Å². The molecule has 7 nitrogen and oxygen atoms in total. The highest BCUT2D eigenvalue weighted by atomic mass is 35.5. The van der Waals surface area contributed by atoms with Crippen molar-refractivity contribution >= 4 is 33.2 Å². The number of amides is 2. The lowest BCUT2D eigenvalue weighted by Gasteiger charge is -2.36. The van der Waals surface area contributed by atoms with Gasteiger partial charge in [-0.1, -0.05) is 11.6 Å². The van der Waals surface area contributed by atoms with Crippen LogP contribution in [-0.2, 0) is 21.9 Å². The highest BCUT2D eigenvalue weighted by Crippen LogP contribution is 2.39. The van der Waals surface area contributed by atoms with E-state index >= 15 is 4.39 Å². The van der Waals surface area contributed by atoms with E-state index in [-0.39, 0.29) is 48.9 Å². The molecule has 0 saturated carbocycles. The van der Waals surface area contributed by atoms with Gasteiger partial charge in [0.1, 0.15) is 0 Å². The minimum Gasteiger partial charge on any atom is -0.396 e. The van der Waals surface area contributed by atoms with Gasteiger partial charge in [-0.15, -0.1) is 0 Å². The summed E-state index contributed by atoms with van der Waals surface area (Å²) in [5.74, 6) is 0. The lowest BCUT2D eigenvalue weighted by Crippen LogP contribution is -2.45. The molecule has 0 unspecified atom stereocenters. The number of benzene rings is 1. The van der Waals surface area contributed by atoms with Crippen molar-refractivity contribution in [3.05, 3.63) is 52.8 Å². The van der Waals surface area contributed by atoms with Gasteiger partial charge in [0.2, 0.25) is 0 Å². The van der Waals surface area contributed by atoms with Gasteiger partial charge in [0.25, 0.3) is 9.84 Å². The number of sulfone groups is 1. The van der Waals surface area contributed by atoms with Gasteiger partial charge in [-0.05, 0) is 42.3 Å². The molecule has 0 spiro atoms. The van der Waals surface area contributed by atoms with E-state index in [0.29, 0.717) is 12.0 Å². The number of hydrogen-bond acceptors (Lipinski definition) is 5. The first-order valence-corrected chi connectivity index (χ1v) is 11.7. The number of carbonyl (C=O) groups excluding carboxylic acids is 1. The molecular weight excluding hydrogens is 490 g/mol. The summed E-state index contributed by atoms with van der Waals surface area (Å²) in [7, 11) is -5.49. The standard InChI is InChI=1S/C20H20ClF4N3O4S/c21-16-11-13(5-10-29)12-26-17(16)19(22)6-8-28(9-7-19)18(30)27-14-1-3-15(4-2-14)33(31,32)20(23,24)25/h1-4,11-12,29H,5-10H2,(H,27,30). The molecule has 1 aromatic carbocycles. The zero-order chi connectivity index (χ0) is 24.4. The lowest BCUT2D eigenvalue weighted by molar-refractivity contribution is -0.0436. The second-order valence-electron chi connectivity index (χ2n) is 7.50. The zero-order valence-electron chi connectivity index (χ0n) is 17.1. The number of carbonyl (C=O) groups is 1. The number of urea groups is 1. The van der Waals surface area contributed by atoms with Gasteiger partial charge >= 0.3 is 11.5 Å². The van der Waals surface area contributed by atoms with E-state index in [4.69, 9.17) is 16.7 Å². The fourth-order valence-electron chi connectivity index (χ4n) is 3.43. The molecule has 1 aliphatic rings. The fourth-order valence-corrected chi connectivity index (χ4v) is 4.55. The summed E-state index contributed by atoms with van der Waals surface area (Å²) in [5.41, 5.74) is -6.46. The molecule has 2 aromatic rings. The summed E-state index contributed by atoms with van der Waals surface area (Å²) in [5, 5.41) is 11.6. The van der Waals surface area contributed by atoms with E-state index in [1.54, 1.807) is 6.07 Å². The molecule has 2 amide bonds. The van der Waals surface area contributed by atoms with Gasteiger partial charge in [-0.3, -0.25) is 4.98 Å². The number of alkyl halides is 4. The van der Waals surface area contributed by atoms with E-state index in [2.05, 4.69) is 10.3 Å². The minimum absolute atomic E-state index is 0.0271. The van der Waals surface area contributed by atoms with E-state index in [9.17, 15) is 26.4 Å². The Morgan fingerprint density at radius 3 is 2.33 bits per heavy atom. The maximum Gasteiger partial charge on any atom is 0.501 e. The summed E-state index contributed by atoms with van der Waals surface area (Å²) in [6, 6.07) is 4.50. The molecular formula is C20H20ClF4N3O4S. The molecule has 13 heteroatoms. The first-order valence-electron chi connectivity index (χ1n) is 9.79. The number of halogens is 5. The molecule has 1 fully saturated rings. The first kappa shape index (κ1) is 25.2. The van der Waals surface area contributed by atoms with Crippen LogP contribution in [0.15, 0.2) is 41.4 Å². The molecule has 0 radical (unpaired) electrons. The number of nitrogens with zero attached hydrogens (tertiary/aromatic N) is 2. The van der Waals surface area contributed by atoms with Crippen LogP contribution in [0.2, 0.25) is 5.02 Å². The van der Waals surface area contributed by atoms with Crippen LogP contribution in [0.1, 0.15) is 24.1 Å². The Balaban J connectivity index is 1.63. The van der Waals surface area contributed by atoms with E-state index in [1.807, 2.05) is 0 Å². The normalized spacial score (nSPS) is 16.5. The SMILES string of the molecule is O=C(Nc1ccc(S(=O)(=O)C(F)(F)F)cc1)N1CCC(F)(c2ncc(CCO)cc2Cl)CC1. The van der Waals surface area contributed by atoms with Crippen molar-refractivity contribution in [3.8, 4) is 0 Å². The Labute approximate surface area is 192 Å². The third-order valence-electron chi connectivity index (χ3n) is 5.29. The van der Waals surface area contributed by atoms with Crippen LogP contribution in [0.4, 0.5) is 28.0 Å². The minimum atomic E-state index is -5.49. The monoisotopic (exact) mass is 509 g/mol. The number of aromatic nitrogens is 1. The zero-order valence-corrected chi connectivity index (χ0v) is 18.6. The number of piperidine rings is 1.